The number of piperazine rings is 1. The number of carbonyl (C=O) groups excluding carboxylic acids is 2. The van der Waals surface area contributed by atoms with E-state index in [9.17, 15) is 14.4 Å². The fourth-order valence-corrected chi connectivity index (χ4v) is 4.88. The molecule has 2 heterocycles. The van der Waals surface area contributed by atoms with Crippen molar-refractivity contribution in [3.63, 3.8) is 0 Å². The van der Waals surface area contributed by atoms with E-state index in [1.54, 1.807) is 24.3 Å². The maximum absolute atomic E-state index is 12.6. The molecule has 4 rings (SSSR count). The summed E-state index contributed by atoms with van der Waals surface area (Å²) in [4.78, 5) is 41.2. The highest BCUT2D eigenvalue weighted by atomic mass is 35.5. The van der Waals surface area contributed by atoms with E-state index >= 15 is 0 Å². The van der Waals surface area contributed by atoms with Crippen LogP contribution in [0.2, 0.25) is 10.0 Å². The van der Waals surface area contributed by atoms with Crippen LogP contribution in [0.3, 0.4) is 0 Å². The van der Waals surface area contributed by atoms with Gasteiger partial charge in [0.15, 0.2) is 0 Å². The first-order valence-electron chi connectivity index (χ1n) is 12.6. The molecule has 9 nitrogen and oxygen atoms in total. The van der Waals surface area contributed by atoms with Crippen LogP contribution < -0.4 is 26.2 Å². The number of nitrogens with one attached hydrogen (secondary N) is 1. The molecule has 0 bridgehead atoms. The number of nitrogens with two attached hydrogens (primary N) is 1. The van der Waals surface area contributed by atoms with Gasteiger partial charge in [0.25, 0.3) is 11.5 Å². The van der Waals surface area contributed by atoms with E-state index in [0.29, 0.717) is 33.3 Å². The molecule has 0 saturated carbocycles. The zero-order chi connectivity index (χ0) is 27.1. The lowest BCUT2D eigenvalue weighted by Gasteiger charge is -2.36. The topological polar surface area (TPSA) is 110 Å². The number of unbranched alkanes of at least 4 members (excludes halogenated alkanes) is 1. The van der Waals surface area contributed by atoms with E-state index in [0.717, 1.165) is 55.8 Å². The first-order chi connectivity index (χ1) is 18.4. The van der Waals surface area contributed by atoms with Crippen molar-refractivity contribution in [2.45, 2.75) is 12.8 Å². The quantitative estimate of drug-likeness (QED) is 0.367. The van der Waals surface area contributed by atoms with Gasteiger partial charge in [-0.05, 0) is 55.1 Å². The number of anilines is 1. The molecule has 1 saturated heterocycles. The molecule has 0 unspecified atom stereocenters. The Bertz CT molecular complexity index is 1360. The minimum absolute atomic E-state index is 0.232. The zero-order valence-corrected chi connectivity index (χ0v) is 22.5. The Morgan fingerprint density at radius 1 is 1.00 bits per heavy atom. The Balaban J connectivity index is 1.26. The Morgan fingerprint density at radius 3 is 2.53 bits per heavy atom. The van der Waals surface area contributed by atoms with E-state index in [4.69, 9.17) is 33.7 Å². The van der Waals surface area contributed by atoms with Gasteiger partial charge in [0.2, 0.25) is 5.91 Å². The normalized spacial score (nSPS) is 14.0. The van der Waals surface area contributed by atoms with Crippen LogP contribution in [0.1, 0.15) is 17.6 Å². The van der Waals surface area contributed by atoms with Crippen LogP contribution >= 0.6 is 23.2 Å². The Labute approximate surface area is 231 Å². The van der Waals surface area contributed by atoms with Gasteiger partial charge >= 0.3 is 0 Å². The van der Waals surface area contributed by atoms with Gasteiger partial charge < -0.3 is 20.7 Å². The van der Waals surface area contributed by atoms with Crippen LogP contribution in [-0.2, 0) is 4.79 Å². The summed E-state index contributed by atoms with van der Waals surface area (Å²) < 4.78 is 6.98. The molecule has 1 aromatic heterocycles. The van der Waals surface area contributed by atoms with Crippen molar-refractivity contribution in [3.05, 3.63) is 68.9 Å². The van der Waals surface area contributed by atoms with Crippen molar-refractivity contribution >= 4 is 51.6 Å². The lowest BCUT2D eigenvalue weighted by Crippen LogP contribution is -2.46. The molecule has 11 heteroatoms. The number of halogens is 2. The number of amides is 1. The molecular weight excluding hydrogens is 529 g/mol. The summed E-state index contributed by atoms with van der Waals surface area (Å²) in [6.45, 7) is 4.62. The van der Waals surface area contributed by atoms with Crippen LogP contribution in [0.5, 0.6) is 5.75 Å². The second kappa shape index (κ2) is 13.1. The molecule has 0 radical (unpaired) electrons. The summed E-state index contributed by atoms with van der Waals surface area (Å²) in [6.07, 6.45) is 1.85. The van der Waals surface area contributed by atoms with Crippen LogP contribution in [0.25, 0.3) is 10.9 Å². The fourth-order valence-electron chi connectivity index (χ4n) is 4.46. The number of aromatic nitrogens is 1. The Morgan fingerprint density at radius 2 is 1.76 bits per heavy atom. The lowest BCUT2D eigenvalue weighted by atomic mass is 10.2. The van der Waals surface area contributed by atoms with Gasteiger partial charge in [0.05, 0.1) is 40.9 Å². The Kier molecular flexibility index (Phi) is 9.63. The highest BCUT2D eigenvalue weighted by Gasteiger charge is 2.19. The summed E-state index contributed by atoms with van der Waals surface area (Å²) >= 11 is 12.5. The standard InChI is InChI=1S/C27H31Cl2N5O4/c28-21-4-3-5-22(27(21)29)33-13-11-32(12-14-33)10-1-2-15-38-20-8-6-19-7-9-25(36)34(23(19)16-20)26(37)18-31-24(35)17-30/h3-9,16H,1-2,10-15,17-18,30H2,(H,31,35). The minimum Gasteiger partial charge on any atom is -0.494 e. The number of hydrogen-bond donors (Lipinski definition) is 2. The van der Waals surface area contributed by atoms with Gasteiger partial charge in [-0.2, -0.15) is 0 Å². The van der Waals surface area contributed by atoms with Crippen LogP contribution in [0.15, 0.2) is 53.3 Å². The summed E-state index contributed by atoms with van der Waals surface area (Å²) in [5, 5.41) is 4.30. The maximum Gasteiger partial charge on any atom is 0.257 e. The molecule has 1 aliphatic rings. The third kappa shape index (κ3) is 6.85. The number of nitrogens with zero attached hydrogens (tertiary/aromatic N) is 3. The molecular formula is C27H31Cl2N5O4. The monoisotopic (exact) mass is 559 g/mol. The molecule has 3 N–H and O–H groups in total. The number of benzene rings is 2. The van der Waals surface area contributed by atoms with Crippen molar-refractivity contribution in [2.75, 3.05) is 57.3 Å². The molecule has 38 heavy (non-hydrogen) atoms. The third-order valence-electron chi connectivity index (χ3n) is 6.52. The van der Waals surface area contributed by atoms with Gasteiger partial charge in [-0.1, -0.05) is 29.3 Å². The summed E-state index contributed by atoms with van der Waals surface area (Å²) in [7, 11) is 0. The van der Waals surface area contributed by atoms with Crippen LogP contribution in [-0.4, -0.2) is 73.7 Å². The number of ether oxygens (including phenoxy) is 1. The fraction of sp³-hybridized carbons (Fsp3) is 0.370. The molecule has 2 aromatic carbocycles. The minimum atomic E-state index is -0.544. The van der Waals surface area contributed by atoms with E-state index in [1.807, 2.05) is 18.2 Å². The van der Waals surface area contributed by atoms with E-state index in [-0.39, 0.29) is 13.1 Å². The molecule has 1 amide bonds. The van der Waals surface area contributed by atoms with Gasteiger partial charge in [0, 0.05) is 38.3 Å². The predicted molar refractivity (Wildman–Crippen MR) is 151 cm³/mol. The molecule has 0 spiro atoms. The summed E-state index contributed by atoms with van der Waals surface area (Å²) in [5.74, 6) is -0.442. The smallest absolute Gasteiger partial charge is 0.257 e. The van der Waals surface area contributed by atoms with Gasteiger partial charge in [-0.25, -0.2) is 4.57 Å². The second-order valence-electron chi connectivity index (χ2n) is 9.06. The van der Waals surface area contributed by atoms with Crippen molar-refractivity contribution in [3.8, 4) is 5.75 Å². The average Bonchev–Trinajstić information content (AvgIpc) is 2.93. The van der Waals surface area contributed by atoms with Crippen molar-refractivity contribution in [2.24, 2.45) is 5.73 Å². The summed E-state index contributed by atoms with van der Waals surface area (Å²) in [5.41, 5.74) is 6.20. The third-order valence-corrected chi connectivity index (χ3v) is 7.33. The van der Waals surface area contributed by atoms with Gasteiger partial charge in [0.1, 0.15) is 5.75 Å². The van der Waals surface area contributed by atoms with Crippen LogP contribution in [0.4, 0.5) is 5.69 Å². The van der Waals surface area contributed by atoms with Crippen LogP contribution in [0, 0.1) is 0 Å². The molecule has 3 aromatic rings. The summed E-state index contributed by atoms with van der Waals surface area (Å²) in [6, 6.07) is 14.0. The predicted octanol–water partition coefficient (Wildman–Crippen LogP) is 3.00. The van der Waals surface area contributed by atoms with Crippen molar-refractivity contribution in [1.29, 1.82) is 0 Å². The lowest BCUT2D eigenvalue weighted by molar-refractivity contribution is -0.119. The highest BCUT2D eigenvalue weighted by molar-refractivity contribution is 6.43. The van der Waals surface area contributed by atoms with E-state index in [1.165, 1.54) is 6.07 Å². The van der Waals surface area contributed by atoms with E-state index in [2.05, 4.69) is 15.1 Å². The average molecular weight is 560 g/mol. The van der Waals surface area contributed by atoms with E-state index < -0.39 is 17.4 Å². The first-order valence-corrected chi connectivity index (χ1v) is 13.3. The molecule has 1 fully saturated rings. The number of rotatable bonds is 10. The van der Waals surface area contributed by atoms with Crippen molar-refractivity contribution < 1.29 is 14.3 Å². The molecule has 0 aliphatic carbocycles. The Hall–Kier alpha value is -3.11. The SMILES string of the molecule is NCC(=O)NCC(=O)n1c(=O)ccc2ccc(OCCCCN3CCN(c4cccc(Cl)c4Cl)CC3)cc21. The number of carbonyl (C=O) groups is 2. The molecule has 1 aliphatic heterocycles. The molecule has 0 atom stereocenters. The zero-order valence-electron chi connectivity index (χ0n) is 21.0. The first kappa shape index (κ1) is 27.9. The largest absolute Gasteiger partial charge is 0.494 e. The van der Waals surface area contributed by atoms with Crippen molar-refractivity contribution in [1.82, 2.24) is 14.8 Å². The number of hydrogen-bond acceptors (Lipinski definition) is 7. The van der Waals surface area contributed by atoms with Gasteiger partial charge in [-0.15, -0.1) is 0 Å². The van der Waals surface area contributed by atoms with Gasteiger partial charge in [-0.3, -0.25) is 19.3 Å². The highest BCUT2D eigenvalue weighted by Crippen LogP contribution is 2.32. The maximum atomic E-state index is 12.6. The number of pyridine rings is 1. The molecule has 202 valence electrons. The number of fused-ring (bicyclic) bond motifs is 1. The second-order valence-corrected chi connectivity index (χ2v) is 9.84.